The number of nitrogens with one attached hydrogen (secondary N) is 2. The topological polar surface area (TPSA) is 73.4 Å². The van der Waals surface area contributed by atoms with Gasteiger partial charge in [-0.05, 0) is 36.4 Å². The second-order valence-corrected chi connectivity index (χ2v) is 5.40. The molecule has 3 aromatic rings. The predicted molar refractivity (Wildman–Crippen MR) is 85.1 cm³/mol. The summed E-state index contributed by atoms with van der Waals surface area (Å²) < 4.78 is 13.8. The van der Waals surface area contributed by atoms with E-state index in [1.807, 2.05) is 24.3 Å². The fourth-order valence-corrected chi connectivity index (χ4v) is 2.15. The molecule has 0 amide bonds. The van der Waals surface area contributed by atoms with Gasteiger partial charge >= 0.3 is 0 Å². The Labute approximate surface area is 133 Å². The molecule has 0 atom stereocenters. The minimum Gasteiger partial charge on any atom is -0.295 e. The van der Waals surface area contributed by atoms with E-state index in [1.165, 1.54) is 24.3 Å². The number of rotatable bonds is 3. The SMILES string of the molecule is O=c1[nH][nH]c(-c2ccc(Br)cc2)c1N=Nc1ccc(F)cc1. The van der Waals surface area contributed by atoms with Crippen molar-refractivity contribution in [2.75, 3.05) is 0 Å². The summed E-state index contributed by atoms with van der Waals surface area (Å²) in [6, 6.07) is 13.0. The average Bonchev–Trinajstić information content (AvgIpc) is 2.89. The monoisotopic (exact) mass is 360 g/mol. The molecule has 2 N–H and O–H groups in total. The summed E-state index contributed by atoms with van der Waals surface area (Å²) >= 11 is 3.36. The summed E-state index contributed by atoms with van der Waals surface area (Å²) in [5, 5.41) is 13.2. The van der Waals surface area contributed by atoms with E-state index in [2.05, 4.69) is 36.4 Å². The van der Waals surface area contributed by atoms with Gasteiger partial charge in [0.15, 0.2) is 5.69 Å². The Morgan fingerprint density at radius 3 is 2.27 bits per heavy atom. The lowest BCUT2D eigenvalue weighted by Crippen LogP contribution is -1.96. The van der Waals surface area contributed by atoms with Gasteiger partial charge < -0.3 is 0 Å². The van der Waals surface area contributed by atoms with E-state index < -0.39 is 0 Å². The van der Waals surface area contributed by atoms with Gasteiger partial charge in [-0.1, -0.05) is 28.1 Å². The zero-order chi connectivity index (χ0) is 15.5. The molecule has 1 aromatic heterocycles. The normalized spacial score (nSPS) is 11.2. The molecule has 0 aliphatic heterocycles. The van der Waals surface area contributed by atoms with Gasteiger partial charge in [-0.15, -0.1) is 5.11 Å². The average molecular weight is 361 g/mol. The Morgan fingerprint density at radius 1 is 0.909 bits per heavy atom. The van der Waals surface area contributed by atoms with Crippen molar-refractivity contribution in [1.29, 1.82) is 0 Å². The van der Waals surface area contributed by atoms with Crippen molar-refractivity contribution >= 4 is 27.3 Å². The van der Waals surface area contributed by atoms with E-state index in [4.69, 9.17) is 0 Å². The van der Waals surface area contributed by atoms with Crippen LogP contribution < -0.4 is 5.56 Å². The van der Waals surface area contributed by atoms with E-state index in [0.29, 0.717) is 11.4 Å². The Kier molecular flexibility index (Phi) is 3.97. The summed E-state index contributed by atoms with van der Waals surface area (Å²) in [7, 11) is 0. The van der Waals surface area contributed by atoms with Crippen molar-refractivity contribution in [2.24, 2.45) is 10.2 Å². The van der Waals surface area contributed by atoms with Crippen LogP contribution in [0.2, 0.25) is 0 Å². The van der Waals surface area contributed by atoms with Gasteiger partial charge in [-0.25, -0.2) is 4.39 Å². The smallest absolute Gasteiger partial charge is 0.292 e. The third kappa shape index (κ3) is 3.04. The van der Waals surface area contributed by atoms with Crippen molar-refractivity contribution < 1.29 is 4.39 Å². The Morgan fingerprint density at radius 2 is 1.59 bits per heavy atom. The van der Waals surface area contributed by atoms with Crippen molar-refractivity contribution in [3.63, 3.8) is 0 Å². The number of azo groups is 1. The Bertz CT molecular complexity index is 866. The van der Waals surface area contributed by atoms with Crippen molar-refractivity contribution in [2.45, 2.75) is 0 Å². The highest BCUT2D eigenvalue weighted by molar-refractivity contribution is 9.10. The molecule has 0 saturated heterocycles. The zero-order valence-corrected chi connectivity index (χ0v) is 12.8. The lowest BCUT2D eigenvalue weighted by Gasteiger charge is -1.99. The van der Waals surface area contributed by atoms with Crippen LogP contribution >= 0.6 is 15.9 Å². The largest absolute Gasteiger partial charge is 0.295 e. The number of hydrogen-bond acceptors (Lipinski definition) is 3. The van der Waals surface area contributed by atoms with Crippen LogP contribution in [0.1, 0.15) is 0 Å². The molecule has 0 spiro atoms. The molecule has 0 aliphatic rings. The second kappa shape index (κ2) is 6.07. The quantitative estimate of drug-likeness (QED) is 0.653. The van der Waals surface area contributed by atoms with E-state index >= 15 is 0 Å². The van der Waals surface area contributed by atoms with Crippen molar-refractivity contribution in [1.82, 2.24) is 10.2 Å². The summed E-state index contributed by atoms with van der Waals surface area (Å²) in [4.78, 5) is 11.8. The number of nitrogens with zero attached hydrogens (tertiary/aromatic N) is 2. The first kappa shape index (κ1) is 14.4. The molecular weight excluding hydrogens is 351 g/mol. The molecule has 7 heteroatoms. The number of aromatic nitrogens is 2. The van der Waals surface area contributed by atoms with Crippen LogP contribution in [-0.4, -0.2) is 10.2 Å². The highest BCUT2D eigenvalue weighted by Gasteiger charge is 2.11. The van der Waals surface area contributed by atoms with Crippen LogP contribution in [0.4, 0.5) is 15.8 Å². The van der Waals surface area contributed by atoms with Gasteiger partial charge in [0.1, 0.15) is 5.82 Å². The maximum absolute atomic E-state index is 12.8. The number of aromatic amines is 2. The molecule has 0 unspecified atom stereocenters. The van der Waals surface area contributed by atoms with Crippen molar-refractivity contribution in [3.05, 3.63) is 69.2 Å². The third-order valence-electron chi connectivity index (χ3n) is 2.98. The minimum atomic E-state index is -0.371. The zero-order valence-electron chi connectivity index (χ0n) is 11.2. The fourth-order valence-electron chi connectivity index (χ4n) is 1.89. The van der Waals surface area contributed by atoms with Gasteiger partial charge in [0.2, 0.25) is 0 Å². The molecule has 0 fully saturated rings. The van der Waals surface area contributed by atoms with Crippen LogP contribution in [0.15, 0.2) is 68.0 Å². The van der Waals surface area contributed by atoms with Crippen LogP contribution in [0.3, 0.4) is 0 Å². The molecule has 0 saturated carbocycles. The van der Waals surface area contributed by atoms with Crippen LogP contribution in [0, 0.1) is 5.82 Å². The Hall–Kier alpha value is -2.54. The fraction of sp³-hybridized carbons (Fsp3) is 0. The van der Waals surface area contributed by atoms with Gasteiger partial charge in [0.25, 0.3) is 5.56 Å². The maximum Gasteiger partial charge on any atom is 0.292 e. The standard InChI is InChI=1S/C15H10BrFN4O/c16-10-3-1-9(2-4-10)13-14(15(22)21-19-13)20-18-12-7-5-11(17)6-8-12/h1-8H,(H2,19,21,22). The number of H-pyrrole nitrogens is 2. The molecule has 0 radical (unpaired) electrons. The van der Waals surface area contributed by atoms with E-state index in [-0.39, 0.29) is 17.1 Å². The minimum absolute atomic E-state index is 0.173. The number of hydrogen-bond donors (Lipinski definition) is 2. The van der Waals surface area contributed by atoms with E-state index in [0.717, 1.165) is 10.0 Å². The van der Waals surface area contributed by atoms with Crippen molar-refractivity contribution in [3.8, 4) is 11.3 Å². The summed E-state index contributed by atoms with van der Waals surface area (Å²) in [6.07, 6.45) is 0. The Balaban J connectivity index is 1.97. The van der Waals surface area contributed by atoms with E-state index in [9.17, 15) is 9.18 Å². The first-order valence-electron chi connectivity index (χ1n) is 6.37. The highest BCUT2D eigenvalue weighted by atomic mass is 79.9. The third-order valence-corrected chi connectivity index (χ3v) is 3.51. The maximum atomic E-state index is 12.8. The molecular formula is C15H10BrFN4O. The molecule has 1 heterocycles. The lowest BCUT2D eigenvalue weighted by atomic mass is 10.1. The number of halogens is 2. The van der Waals surface area contributed by atoms with Gasteiger partial charge in [-0.2, -0.15) is 5.11 Å². The summed E-state index contributed by atoms with van der Waals surface area (Å²) in [6.45, 7) is 0. The van der Waals surface area contributed by atoms with Gasteiger partial charge in [0.05, 0.1) is 11.4 Å². The lowest BCUT2D eigenvalue weighted by molar-refractivity contribution is 0.628. The van der Waals surface area contributed by atoms with Gasteiger partial charge in [-0.3, -0.25) is 15.0 Å². The summed E-state index contributed by atoms with van der Waals surface area (Å²) in [5.41, 5.74) is 1.61. The molecule has 2 aromatic carbocycles. The van der Waals surface area contributed by atoms with Crippen LogP contribution in [-0.2, 0) is 0 Å². The first-order chi connectivity index (χ1) is 10.6. The molecule has 110 valence electrons. The molecule has 3 rings (SSSR count). The van der Waals surface area contributed by atoms with Crippen LogP contribution in [0.25, 0.3) is 11.3 Å². The first-order valence-corrected chi connectivity index (χ1v) is 7.17. The highest BCUT2D eigenvalue weighted by Crippen LogP contribution is 2.27. The second-order valence-electron chi connectivity index (χ2n) is 4.49. The van der Waals surface area contributed by atoms with E-state index in [1.54, 1.807) is 0 Å². The molecule has 22 heavy (non-hydrogen) atoms. The number of benzene rings is 2. The summed E-state index contributed by atoms with van der Waals surface area (Å²) in [5.74, 6) is -0.353. The van der Waals surface area contributed by atoms with Gasteiger partial charge in [0, 0.05) is 10.0 Å². The molecule has 5 nitrogen and oxygen atoms in total. The predicted octanol–water partition coefficient (Wildman–Crippen LogP) is 4.69. The van der Waals surface area contributed by atoms with Crippen LogP contribution in [0.5, 0.6) is 0 Å². The molecule has 0 bridgehead atoms. The molecule has 0 aliphatic carbocycles.